The first-order chi connectivity index (χ1) is 9.99. The normalized spacial score (nSPS) is 10.2. The van der Waals surface area contributed by atoms with E-state index >= 15 is 0 Å². The lowest BCUT2D eigenvalue weighted by atomic mass is 10.1. The molecule has 0 aliphatic carbocycles. The highest BCUT2D eigenvalue weighted by Crippen LogP contribution is 2.23. The van der Waals surface area contributed by atoms with E-state index in [1.54, 1.807) is 30.3 Å². The molecule has 21 heavy (non-hydrogen) atoms. The second kappa shape index (κ2) is 6.08. The number of hydrogen-bond donors (Lipinski definition) is 0. The van der Waals surface area contributed by atoms with E-state index in [0.717, 1.165) is 0 Å². The second-order valence-corrected chi connectivity index (χ2v) is 4.10. The monoisotopic (exact) mass is 293 g/mol. The molecule has 0 saturated heterocycles. The van der Waals surface area contributed by atoms with Crippen LogP contribution >= 0.6 is 0 Å². The van der Waals surface area contributed by atoms with Crippen LogP contribution in [-0.2, 0) is 11.3 Å². The lowest BCUT2D eigenvalue weighted by Gasteiger charge is -2.06. The van der Waals surface area contributed by atoms with Crippen LogP contribution in [0.25, 0.3) is 0 Å². The fourth-order valence-corrected chi connectivity index (χ4v) is 1.65. The van der Waals surface area contributed by atoms with Gasteiger partial charge in [0, 0.05) is 0 Å². The van der Waals surface area contributed by atoms with E-state index < -0.39 is 33.8 Å². The van der Waals surface area contributed by atoms with Crippen molar-refractivity contribution < 1.29 is 23.2 Å². The Kier molecular flexibility index (Phi) is 4.22. The van der Waals surface area contributed by atoms with Gasteiger partial charge in [0.25, 0.3) is 5.69 Å². The van der Waals surface area contributed by atoms with Gasteiger partial charge in [-0.15, -0.1) is 0 Å². The number of esters is 1. The molecule has 0 aliphatic rings. The first-order valence-corrected chi connectivity index (χ1v) is 5.83. The summed E-state index contributed by atoms with van der Waals surface area (Å²) in [5.74, 6) is -3.85. The van der Waals surface area contributed by atoms with Crippen LogP contribution in [0.1, 0.15) is 15.9 Å². The molecule has 0 fully saturated rings. The minimum absolute atomic E-state index is 0.129. The maximum Gasteiger partial charge on any atom is 0.345 e. The number of carbonyl (C=O) groups is 1. The van der Waals surface area contributed by atoms with E-state index in [0.29, 0.717) is 17.7 Å². The number of nitrogens with zero attached hydrogens (tertiary/aromatic N) is 1. The van der Waals surface area contributed by atoms with Crippen LogP contribution in [0.4, 0.5) is 14.5 Å². The van der Waals surface area contributed by atoms with Gasteiger partial charge in [-0.25, -0.2) is 13.6 Å². The summed E-state index contributed by atoms with van der Waals surface area (Å²) in [5.41, 5.74) is -0.808. The average molecular weight is 293 g/mol. The minimum atomic E-state index is -1.40. The highest BCUT2D eigenvalue weighted by molar-refractivity contribution is 5.93. The quantitative estimate of drug-likeness (QED) is 0.493. The third kappa shape index (κ3) is 3.38. The van der Waals surface area contributed by atoms with Gasteiger partial charge in [-0.3, -0.25) is 10.1 Å². The van der Waals surface area contributed by atoms with Crippen LogP contribution in [0, 0.1) is 21.7 Å². The van der Waals surface area contributed by atoms with E-state index in [1.807, 2.05) is 0 Å². The molecule has 5 nitrogen and oxygen atoms in total. The van der Waals surface area contributed by atoms with Gasteiger partial charge in [0.05, 0.1) is 11.0 Å². The first kappa shape index (κ1) is 14.6. The third-order valence-electron chi connectivity index (χ3n) is 2.67. The van der Waals surface area contributed by atoms with Crippen LogP contribution in [0.5, 0.6) is 0 Å². The molecule has 0 unspecified atom stereocenters. The molecule has 0 N–H and O–H groups in total. The Labute approximate surface area is 117 Å². The third-order valence-corrected chi connectivity index (χ3v) is 2.67. The lowest BCUT2D eigenvalue weighted by Crippen LogP contribution is -2.09. The second-order valence-electron chi connectivity index (χ2n) is 4.10. The molecule has 2 aromatic rings. The molecular weight excluding hydrogens is 284 g/mol. The molecule has 0 heterocycles. The summed E-state index contributed by atoms with van der Waals surface area (Å²) in [6, 6.07) is 9.41. The van der Waals surface area contributed by atoms with Gasteiger partial charge in [0.15, 0.2) is 11.6 Å². The number of nitro groups is 1. The molecule has 2 rings (SSSR count). The van der Waals surface area contributed by atoms with Crippen LogP contribution < -0.4 is 0 Å². The molecular formula is C14H9F2NO4. The molecule has 0 radical (unpaired) electrons. The fourth-order valence-electron chi connectivity index (χ4n) is 1.65. The first-order valence-electron chi connectivity index (χ1n) is 5.83. The number of nitro benzene ring substituents is 1. The Bertz CT molecular complexity index is 689. The van der Waals surface area contributed by atoms with Crippen molar-refractivity contribution in [2.24, 2.45) is 0 Å². The van der Waals surface area contributed by atoms with Gasteiger partial charge in [-0.2, -0.15) is 0 Å². The predicted octanol–water partition coefficient (Wildman–Crippen LogP) is 3.23. The summed E-state index contributed by atoms with van der Waals surface area (Å²) in [6.07, 6.45) is 0. The highest BCUT2D eigenvalue weighted by Gasteiger charge is 2.25. The summed E-state index contributed by atoms with van der Waals surface area (Å²) in [6.45, 7) is -0.129. The summed E-state index contributed by atoms with van der Waals surface area (Å²) < 4.78 is 31.0. The van der Waals surface area contributed by atoms with Gasteiger partial charge in [-0.1, -0.05) is 30.3 Å². The van der Waals surface area contributed by atoms with Crippen molar-refractivity contribution in [1.82, 2.24) is 0 Å². The van der Waals surface area contributed by atoms with Crippen LogP contribution in [0.3, 0.4) is 0 Å². The molecule has 0 atom stereocenters. The van der Waals surface area contributed by atoms with Crippen LogP contribution in [0.15, 0.2) is 42.5 Å². The zero-order valence-electron chi connectivity index (χ0n) is 10.6. The van der Waals surface area contributed by atoms with Gasteiger partial charge in [-0.05, 0) is 11.6 Å². The molecule has 0 spiro atoms. The van der Waals surface area contributed by atoms with Crippen molar-refractivity contribution >= 4 is 11.7 Å². The minimum Gasteiger partial charge on any atom is -0.457 e. The number of hydrogen-bond acceptors (Lipinski definition) is 4. The van der Waals surface area contributed by atoms with E-state index in [-0.39, 0.29) is 6.61 Å². The Balaban J connectivity index is 2.22. The van der Waals surface area contributed by atoms with Crippen molar-refractivity contribution in [3.8, 4) is 0 Å². The number of rotatable bonds is 4. The molecule has 0 bridgehead atoms. The number of carbonyl (C=O) groups excluding carboxylic acids is 1. The topological polar surface area (TPSA) is 69.4 Å². The molecule has 0 aromatic heterocycles. The van der Waals surface area contributed by atoms with Gasteiger partial charge in [0.1, 0.15) is 12.2 Å². The van der Waals surface area contributed by atoms with Gasteiger partial charge in [0.2, 0.25) is 0 Å². The Morgan fingerprint density at radius 3 is 2.38 bits per heavy atom. The smallest absolute Gasteiger partial charge is 0.345 e. The summed E-state index contributed by atoms with van der Waals surface area (Å²) in [7, 11) is 0. The standard InChI is InChI=1S/C14H9F2NO4/c15-11-6-10(13(17(19)20)7-12(11)16)14(18)21-8-9-4-2-1-3-5-9/h1-7H,8H2. The average Bonchev–Trinajstić information content (AvgIpc) is 2.48. The number of benzene rings is 2. The summed E-state index contributed by atoms with van der Waals surface area (Å²) in [5, 5.41) is 10.8. The fraction of sp³-hybridized carbons (Fsp3) is 0.0714. The molecule has 108 valence electrons. The number of halogens is 2. The molecule has 7 heteroatoms. The van der Waals surface area contributed by atoms with Crippen molar-refractivity contribution in [3.63, 3.8) is 0 Å². The molecule has 0 amide bonds. The zero-order valence-corrected chi connectivity index (χ0v) is 10.6. The molecule has 2 aromatic carbocycles. The van der Waals surface area contributed by atoms with Crippen molar-refractivity contribution in [2.45, 2.75) is 6.61 Å². The SMILES string of the molecule is O=C(OCc1ccccc1)c1cc(F)c(F)cc1[N+](=O)[O-]. The summed E-state index contributed by atoms with van der Waals surface area (Å²) in [4.78, 5) is 21.6. The molecule has 0 aliphatic heterocycles. The van der Waals surface area contributed by atoms with Crippen molar-refractivity contribution in [3.05, 3.63) is 75.3 Å². The van der Waals surface area contributed by atoms with Crippen LogP contribution in [-0.4, -0.2) is 10.9 Å². The highest BCUT2D eigenvalue weighted by atomic mass is 19.2. The number of ether oxygens (including phenoxy) is 1. The maximum atomic E-state index is 13.1. The Morgan fingerprint density at radius 1 is 1.14 bits per heavy atom. The van der Waals surface area contributed by atoms with Gasteiger partial charge >= 0.3 is 5.97 Å². The Hall–Kier alpha value is -2.83. The largest absolute Gasteiger partial charge is 0.457 e. The Morgan fingerprint density at radius 2 is 1.76 bits per heavy atom. The van der Waals surface area contributed by atoms with E-state index in [1.165, 1.54) is 0 Å². The summed E-state index contributed by atoms with van der Waals surface area (Å²) >= 11 is 0. The van der Waals surface area contributed by atoms with E-state index in [4.69, 9.17) is 4.74 Å². The predicted molar refractivity (Wildman–Crippen MR) is 68.6 cm³/mol. The van der Waals surface area contributed by atoms with Crippen molar-refractivity contribution in [1.29, 1.82) is 0 Å². The maximum absolute atomic E-state index is 13.1. The molecule has 0 saturated carbocycles. The van der Waals surface area contributed by atoms with E-state index in [9.17, 15) is 23.7 Å². The van der Waals surface area contributed by atoms with Gasteiger partial charge < -0.3 is 4.74 Å². The van der Waals surface area contributed by atoms with Crippen molar-refractivity contribution in [2.75, 3.05) is 0 Å². The lowest BCUT2D eigenvalue weighted by molar-refractivity contribution is -0.385. The van der Waals surface area contributed by atoms with Crippen LogP contribution in [0.2, 0.25) is 0 Å². The zero-order chi connectivity index (χ0) is 15.4. The van der Waals surface area contributed by atoms with E-state index in [2.05, 4.69) is 0 Å².